The topological polar surface area (TPSA) is 98.7 Å². The van der Waals surface area contributed by atoms with E-state index in [9.17, 15) is 19.3 Å². The first-order valence-electron chi connectivity index (χ1n) is 7.65. The molecule has 1 amide bonds. The number of nitrogens with zero attached hydrogens (tertiary/aromatic N) is 2. The minimum atomic E-state index is -0.845. The monoisotopic (exact) mass is 323 g/mol. The minimum absolute atomic E-state index is 0.0220. The van der Waals surface area contributed by atoms with E-state index in [1.807, 2.05) is 0 Å². The molecule has 1 aliphatic heterocycles. The van der Waals surface area contributed by atoms with Crippen LogP contribution < -0.4 is 5.73 Å². The second-order valence-electron chi connectivity index (χ2n) is 5.90. The van der Waals surface area contributed by atoms with Crippen molar-refractivity contribution in [3.8, 4) is 0 Å². The molecule has 2 atom stereocenters. The van der Waals surface area contributed by atoms with E-state index >= 15 is 0 Å². The number of fused-ring (bicyclic) bond motifs is 1. The first-order chi connectivity index (χ1) is 11.0. The molecule has 1 heterocycles. The van der Waals surface area contributed by atoms with E-state index in [-0.39, 0.29) is 23.4 Å². The molecule has 3 rings (SSSR count). The molecule has 2 fully saturated rings. The zero-order valence-corrected chi connectivity index (χ0v) is 12.5. The van der Waals surface area contributed by atoms with Gasteiger partial charge in [0.2, 0.25) is 0 Å². The molecule has 7 nitrogen and oxygen atoms in total. The molecule has 1 aliphatic carbocycles. The van der Waals surface area contributed by atoms with Crippen LogP contribution in [0, 0.1) is 15.9 Å². The number of nitro benzene ring substituents is 1. The van der Waals surface area contributed by atoms with Crippen LogP contribution in [0.2, 0.25) is 0 Å². The van der Waals surface area contributed by atoms with E-state index in [0.29, 0.717) is 13.2 Å². The lowest BCUT2D eigenvalue weighted by Crippen LogP contribution is -2.54. The zero-order valence-electron chi connectivity index (χ0n) is 12.5. The molecular weight excluding hydrogens is 305 g/mol. The van der Waals surface area contributed by atoms with Crippen LogP contribution in [0.5, 0.6) is 0 Å². The lowest BCUT2D eigenvalue weighted by Gasteiger charge is -2.43. The summed E-state index contributed by atoms with van der Waals surface area (Å²) in [4.78, 5) is 24.6. The second kappa shape index (κ2) is 6.11. The molecule has 0 bridgehead atoms. The van der Waals surface area contributed by atoms with E-state index in [1.54, 1.807) is 4.90 Å². The highest BCUT2D eigenvalue weighted by atomic mass is 19.1. The van der Waals surface area contributed by atoms with Gasteiger partial charge in [-0.2, -0.15) is 0 Å². The number of ether oxygens (including phenoxy) is 1. The number of anilines is 1. The Balaban J connectivity index is 1.95. The third kappa shape index (κ3) is 2.86. The number of benzene rings is 1. The van der Waals surface area contributed by atoms with Gasteiger partial charge >= 0.3 is 0 Å². The van der Waals surface area contributed by atoms with Gasteiger partial charge in [-0.1, -0.05) is 12.8 Å². The number of rotatable bonds is 2. The molecule has 1 aromatic rings. The third-order valence-corrected chi connectivity index (χ3v) is 4.54. The van der Waals surface area contributed by atoms with E-state index in [1.165, 1.54) is 0 Å². The maximum Gasteiger partial charge on any atom is 0.295 e. The fraction of sp³-hybridized carbons (Fsp3) is 0.533. The number of hydrogen-bond acceptors (Lipinski definition) is 5. The number of hydrogen-bond donors (Lipinski definition) is 1. The number of nitrogen functional groups attached to an aromatic ring is 1. The van der Waals surface area contributed by atoms with Crippen LogP contribution in [0.15, 0.2) is 12.1 Å². The summed E-state index contributed by atoms with van der Waals surface area (Å²) in [5.41, 5.74) is 4.72. The highest BCUT2D eigenvalue weighted by molar-refractivity contribution is 6.01. The summed E-state index contributed by atoms with van der Waals surface area (Å²) in [6.07, 6.45) is 3.72. The first-order valence-corrected chi connectivity index (χ1v) is 7.65. The van der Waals surface area contributed by atoms with Crippen molar-refractivity contribution in [3.05, 3.63) is 33.6 Å². The van der Waals surface area contributed by atoms with Gasteiger partial charge < -0.3 is 15.4 Å². The van der Waals surface area contributed by atoms with Crippen LogP contribution in [-0.2, 0) is 4.74 Å². The van der Waals surface area contributed by atoms with E-state index in [0.717, 1.165) is 37.8 Å². The molecule has 124 valence electrons. The number of carbonyl (C=O) groups is 1. The average Bonchev–Trinajstić information content (AvgIpc) is 2.55. The fourth-order valence-corrected chi connectivity index (χ4v) is 3.43. The molecule has 23 heavy (non-hydrogen) atoms. The Bertz CT molecular complexity index is 650. The van der Waals surface area contributed by atoms with Crippen LogP contribution in [0.3, 0.4) is 0 Å². The van der Waals surface area contributed by atoms with E-state index in [4.69, 9.17) is 10.5 Å². The van der Waals surface area contributed by atoms with Crippen molar-refractivity contribution in [1.82, 2.24) is 4.90 Å². The lowest BCUT2D eigenvalue weighted by atomic mass is 9.89. The Hall–Kier alpha value is -2.22. The predicted molar refractivity (Wildman–Crippen MR) is 80.5 cm³/mol. The fourth-order valence-electron chi connectivity index (χ4n) is 3.43. The smallest absolute Gasteiger partial charge is 0.295 e. The quantitative estimate of drug-likeness (QED) is 0.510. The summed E-state index contributed by atoms with van der Waals surface area (Å²) in [6, 6.07) is 1.62. The van der Waals surface area contributed by atoms with Crippen molar-refractivity contribution in [3.63, 3.8) is 0 Å². The van der Waals surface area contributed by atoms with Gasteiger partial charge in [-0.25, -0.2) is 4.39 Å². The number of carbonyl (C=O) groups excluding carboxylic acids is 1. The summed E-state index contributed by atoms with van der Waals surface area (Å²) in [7, 11) is 0. The number of nitrogens with two attached hydrogens (primary N) is 1. The van der Waals surface area contributed by atoms with E-state index < -0.39 is 22.3 Å². The van der Waals surface area contributed by atoms with Gasteiger partial charge in [0, 0.05) is 6.54 Å². The van der Waals surface area contributed by atoms with Gasteiger partial charge in [-0.05, 0) is 18.9 Å². The number of morpholine rings is 1. The molecule has 0 radical (unpaired) electrons. The lowest BCUT2D eigenvalue weighted by molar-refractivity contribution is -0.384. The minimum Gasteiger partial charge on any atom is -0.393 e. The van der Waals surface area contributed by atoms with Crippen molar-refractivity contribution in [1.29, 1.82) is 0 Å². The summed E-state index contributed by atoms with van der Waals surface area (Å²) >= 11 is 0. The standard InChI is InChI=1S/C15H18FN3O4/c16-9-7-10(14(17)12(8-9)19(21)22)15(20)18-5-6-23-13-4-2-1-3-11(13)18/h7-8,11,13H,1-6,17H2. The summed E-state index contributed by atoms with van der Waals surface area (Å²) in [5.74, 6) is -1.31. The van der Waals surface area contributed by atoms with Gasteiger partial charge in [-0.3, -0.25) is 14.9 Å². The van der Waals surface area contributed by atoms with Crippen molar-refractivity contribution >= 4 is 17.3 Å². The highest BCUT2D eigenvalue weighted by Crippen LogP contribution is 2.32. The molecule has 8 heteroatoms. The molecule has 1 aromatic carbocycles. The highest BCUT2D eigenvalue weighted by Gasteiger charge is 2.38. The molecule has 1 saturated heterocycles. The van der Waals surface area contributed by atoms with Crippen LogP contribution in [0.25, 0.3) is 0 Å². The second-order valence-corrected chi connectivity index (χ2v) is 5.90. The normalized spacial score (nSPS) is 24.1. The Morgan fingerprint density at radius 2 is 2.13 bits per heavy atom. The van der Waals surface area contributed by atoms with Gasteiger partial charge in [0.1, 0.15) is 11.5 Å². The molecule has 0 aromatic heterocycles. The molecule has 1 saturated carbocycles. The largest absolute Gasteiger partial charge is 0.393 e. The average molecular weight is 323 g/mol. The van der Waals surface area contributed by atoms with Crippen LogP contribution in [0.1, 0.15) is 36.0 Å². The maximum absolute atomic E-state index is 13.7. The van der Waals surface area contributed by atoms with Crippen LogP contribution in [-0.4, -0.2) is 41.0 Å². The Kier molecular flexibility index (Phi) is 4.16. The number of amides is 1. The summed E-state index contributed by atoms with van der Waals surface area (Å²) < 4.78 is 19.4. The van der Waals surface area contributed by atoms with Gasteiger partial charge in [0.05, 0.1) is 35.3 Å². The van der Waals surface area contributed by atoms with Gasteiger partial charge in [0.25, 0.3) is 11.6 Å². The van der Waals surface area contributed by atoms with Crippen molar-refractivity contribution < 1.29 is 18.8 Å². The Labute approximate surface area is 132 Å². The molecule has 0 spiro atoms. The third-order valence-electron chi connectivity index (χ3n) is 4.54. The van der Waals surface area contributed by atoms with Crippen LogP contribution >= 0.6 is 0 Å². The number of halogens is 1. The predicted octanol–water partition coefficient (Wildman–Crippen LogP) is 2.10. The van der Waals surface area contributed by atoms with Gasteiger partial charge in [-0.15, -0.1) is 0 Å². The molecular formula is C15H18FN3O4. The number of nitro groups is 1. The molecule has 2 N–H and O–H groups in total. The summed E-state index contributed by atoms with van der Waals surface area (Å²) in [5, 5.41) is 11.0. The van der Waals surface area contributed by atoms with Crippen molar-refractivity contribution in [2.24, 2.45) is 0 Å². The Morgan fingerprint density at radius 3 is 2.87 bits per heavy atom. The molecule has 2 aliphatic rings. The summed E-state index contributed by atoms with van der Waals surface area (Å²) in [6.45, 7) is 0.786. The first kappa shape index (κ1) is 15.7. The van der Waals surface area contributed by atoms with Gasteiger partial charge in [0.15, 0.2) is 0 Å². The van der Waals surface area contributed by atoms with Crippen LogP contribution in [0.4, 0.5) is 15.8 Å². The van der Waals surface area contributed by atoms with E-state index in [2.05, 4.69) is 0 Å². The zero-order chi connectivity index (χ0) is 16.6. The van der Waals surface area contributed by atoms with Crippen molar-refractivity contribution in [2.75, 3.05) is 18.9 Å². The maximum atomic E-state index is 13.7. The SMILES string of the molecule is Nc1c(C(=O)N2CCOC3CCCCC32)cc(F)cc1[N+](=O)[O-]. The Morgan fingerprint density at radius 1 is 1.39 bits per heavy atom. The van der Waals surface area contributed by atoms with Crippen molar-refractivity contribution in [2.45, 2.75) is 37.8 Å². The molecule has 2 unspecified atom stereocenters.